The standard InChI is InChI=1S/C11H20FN/c1-9(2)8(10(9,3)4)13-7-11(12)5-6-11/h8,13H,5-7H2,1-4H3. The second-order valence-corrected chi connectivity index (χ2v) is 5.91. The molecule has 76 valence electrons. The molecule has 2 saturated carbocycles. The molecule has 2 fully saturated rings. The second kappa shape index (κ2) is 2.28. The lowest BCUT2D eigenvalue weighted by molar-refractivity contribution is 0.289. The summed E-state index contributed by atoms with van der Waals surface area (Å²) in [6, 6.07) is 0.494. The molecule has 2 aliphatic rings. The topological polar surface area (TPSA) is 12.0 Å². The van der Waals surface area contributed by atoms with Crippen LogP contribution in [0.15, 0.2) is 0 Å². The maximum atomic E-state index is 13.3. The van der Waals surface area contributed by atoms with Crippen molar-refractivity contribution in [2.75, 3.05) is 6.54 Å². The van der Waals surface area contributed by atoms with E-state index in [2.05, 4.69) is 33.0 Å². The summed E-state index contributed by atoms with van der Waals surface area (Å²) < 4.78 is 13.3. The van der Waals surface area contributed by atoms with Gasteiger partial charge in [0.15, 0.2) is 0 Å². The Labute approximate surface area is 80.1 Å². The van der Waals surface area contributed by atoms with Crippen molar-refractivity contribution >= 4 is 0 Å². The van der Waals surface area contributed by atoms with Crippen LogP contribution in [0.3, 0.4) is 0 Å². The van der Waals surface area contributed by atoms with Crippen LogP contribution < -0.4 is 5.32 Å². The van der Waals surface area contributed by atoms with Gasteiger partial charge in [-0.25, -0.2) is 4.39 Å². The highest BCUT2D eigenvalue weighted by Gasteiger charge is 2.65. The molecule has 1 N–H and O–H groups in total. The van der Waals surface area contributed by atoms with Crippen LogP contribution in [0, 0.1) is 10.8 Å². The molecule has 0 amide bonds. The molecule has 2 rings (SSSR count). The van der Waals surface area contributed by atoms with Crippen LogP contribution in [0.2, 0.25) is 0 Å². The Balaban J connectivity index is 1.85. The molecule has 0 aromatic heterocycles. The van der Waals surface area contributed by atoms with Gasteiger partial charge in [0.05, 0.1) is 0 Å². The van der Waals surface area contributed by atoms with Gasteiger partial charge in [0.25, 0.3) is 0 Å². The van der Waals surface area contributed by atoms with E-state index in [1.165, 1.54) is 0 Å². The van der Waals surface area contributed by atoms with Crippen molar-refractivity contribution in [1.29, 1.82) is 0 Å². The minimum atomic E-state index is -0.852. The molecule has 0 saturated heterocycles. The fourth-order valence-electron chi connectivity index (χ4n) is 2.30. The molecular formula is C11H20FN. The molecule has 0 bridgehead atoms. The third kappa shape index (κ3) is 1.30. The molecule has 1 nitrogen and oxygen atoms in total. The Hall–Kier alpha value is -0.110. The van der Waals surface area contributed by atoms with Gasteiger partial charge >= 0.3 is 0 Å². The second-order valence-electron chi connectivity index (χ2n) is 5.91. The molecule has 2 heteroatoms. The zero-order valence-corrected chi connectivity index (χ0v) is 9.08. The van der Waals surface area contributed by atoms with Crippen molar-refractivity contribution in [3.05, 3.63) is 0 Å². The first kappa shape index (κ1) is 9.45. The number of hydrogen-bond donors (Lipinski definition) is 1. The lowest BCUT2D eigenvalue weighted by Crippen LogP contribution is -2.30. The Morgan fingerprint density at radius 2 is 1.62 bits per heavy atom. The molecule has 0 atom stereocenters. The summed E-state index contributed by atoms with van der Waals surface area (Å²) in [4.78, 5) is 0. The van der Waals surface area contributed by atoms with E-state index < -0.39 is 5.67 Å². The monoisotopic (exact) mass is 185 g/mol. The van der Waals surface area contributed by atoms with E-state index >= 15 is 0 Å². The molecule has 0 unspecified atom stereocenters. The third-order valence-electron chi connectivity index (χ3n) is 4.44. The average Bonchev–Trinajstić information content (AvgIpc) is 2.75. The first-order valence-corrected chi connectivity index (χ1v) is 5.22. The van der Waals surface area contributed by atoms with E-state index in [0.29, 0.717) is 23.4 Å². The molecule has 2 aliphatic carbocycles. The highest BCUT2D eigenvalue weighted by atomic mass is 19.1. The minimum absolute atomic E-state index is 0.332. The molecule has 0 aromatic carbocycles. The van der Waals surface area contributed by atoms with Crippen molar-refractivity contribution in [2.24, 2.45) is 10.8 Å². The first-order valence-electron chi connectivity index (χ1n) is 5.22. The third-order valence-corrected chi connectivity index (χ3v) is 4.44. The largest absolute Gasteiger partial charge is 0.310 e. The molecule has 0 heterocycles. The fourth-order valence-corrected chi connectivity index (χ4v) is 2.30. The summed E-state index contributed by atoms with van der Waals surface area (Å²) in [5.41, 5.74) is -0.189. The normalized spacial score (nSPS) is 33.0. The zero-order valence-electron chi connectivity index (χ0n) is 9.08. The predicted molar refractivity (Wildman–Crippen MR) is 52.4 cm³/mol. The minimum Gasteiger partial charge on any atom is -0.310 e. The van der Waals surface area contributed by atoms with Gasteiger partial charge in [-0.15, -0.1) is 0 Å². The molecule has 0 aliphatic heterocycles. The van der Waals surface area contributed by atoms with Gasteiger partial charge in [-0.1, -0.05) is 27.7 Å². The van der Waals surface area contributed by atoms with Crippen molar-refractivity contribution in [3.8, 4) is 0 Å². The van der Waals surface area contributed by atoms with Gasteiger partial charge in [-0.05, 0) is 23.7 Å². The quantitative estimate of drug-likeness (QED) is 0.712. The van der Waals surface area contributed by atoms with E-state index in [0.717, 1.165) is 12.8 Å². The smallest absolute Gasteiger partial charge is 0.123 e. The van der Waals surface area contributed by atoms with Crippen LogP contribution in [0.4, 0.5) is 4.39 Å². The summed E-state index contributed by atoms with van der Waals surface area (Å²) >= 11 is 0. The van der Waals surface area contributed by atoms with Crippen LogP contribution >= 0.6 is 0 Å². The van der Waals surface area contributed by atoms with Crippen molar-refractivity contribution in [2.45, 2.75) is 52.2 Å². The number of hydrogen-bond acceptors (Lipinski definition) is 1. The maximum Gasteiger partial charge on any atom is 0.123 e. The number of rotatable bonds is 3. The Morgan fingerprint density at radius 3 is 1.92 bits per heavy atom. The van der Waals surface area contributed by atoms with Gasteiger partial charge in [0, 0.05) is 12.6 Å². The highest BCUT2D eigenvalue weighted by Crippen LogP contribution is 2.62. The van der Waals surface area contributed by atoms with Crippen LogP contribution in [0.25, 0.3) is 0 Å². The van der Waals surface area contributed by atoms with E-state index in [4.69, 9.17) is 0 Å². The van der Waals surface area contributed by atoms with Gasteiger partial charge in [-0.3, -0.25) is 0 Å². The summed E-state index contributed by atoms with van der Waals surface area (Å²) in [7, 11) is 0. The fraction of sp³-hybridized carbons (Fsp3) is 1.00. The van der Waals surface area contributed by atoms with E-state index in [9.17, 15) is 4.39 Å². The molecule has 0 radical (unpaired) electrons. The molecule has 13 heavy (non-hydrogen) atoms. The summed E-state index contributed by atoms with van der Waals surface area (Å²) in [6.45, 7) is 9.57. The summed E-state index contributed by atoms with van der Waals surface area (Å²) in [5, 5.41) is 3.36. The van der Waals surface area contributed by atoms with Crippen molar-refractivity contribution in [1.82, 2.24) is 5.32 Å². The SMILES string of the molecule is CC1(C)C(NCC2(F)CC2)C1(C)C. The van der Waals surface area contributed by atoms with Gasteiger partial charge < -0.3 is 5.32 Å². The molecule has 0 aromatic rings. The maximum absolute atomic E-state index is 13.3. The molecular weight excluding hydrogens is 165 g/mol. The van der Waals surface area contributed by atoms with Crippen LogP contribution in [-0.4, -0.2) is 18.3 Å². The van der Waals surface area contributed by atoms with Crippen molar-refractivity contribution < 1.29 is 4.39 Å². The van der Waals surface area contributed by atoms with E-state index in [1.54, 1.807) is 0 Å². The first-order chi connectivity index (χ1) is 5.80. The number of nitrogens with one attached hydrogen (secondary N) is 1. The van der Waals surface area contributed by atoms with Crippen LogP contribution in [0.1, 0.15) is 40.5 Å². The van der Waals surface area contributed by atoms with E-state index in [-0.39, 0.29) is 0 Å². The molecule has 0 spiro atoms. The van der Waals surface area contributed by atoms with E-state index in [1.807, 2.05) is 0 Å². The lowest BCUT2D eigenvalue weighted by Gasteiger charge is -2.08. The van der Waals surface area contributed by atoms with Gasteiger partial charge in [0.2, 0.25) is 0 Å². The summed E-state index contributed by atoms with van der Waals surface area (Å²) in [5.74, 6) is 0. The number of halogens is 1. The van der Waals surface area contributed by atoms with Gasteiger partial charge in [-0.2, -0.15) is 0 Å². The van der Waals surface area contributed by atoms with Crippen LogP contribution in [0.5, 0.6) is 0 Å². The van der Waals surface area contributed by atoms with Crippen LogP contribution in [-0.2, 0) is 0 Å². The zero-order chi connectivity index (χ0) is 9.91. The van der Waals surface area contributed by atoms with Crippen molar-refractivity contribution in [3.63, 3.8) is 0 Å². The average molecular weight is 185 g/mol. The Kier molecular flexibility index (Phi) is 1.65. The lowest BCUT2D eigenvalue weighted by atomic mass is 10.0. The Morgan fingerprint density at radius 1 is 1.15 bits per heavy atom. The Bertz CT molecular complexity index is 214. The number of alkyl halides is 1. The predicted octanol–water partition coefficient (Wildman–Crippen LogP) is 2.51. The van der Waals surface area contributed by atoms with Gasteiger partial charge in [0.1, 0.15) is 5.67 Å². The summed E-state index contributed by atoms with van der Waals surface area (Å²) in [6.07, 6.45) is 1.52. The highest BCUT2D eigenvalue weighted by molar-refractivity contribution is 5.18.